The number of hydrogen-bond acceptors (Lipinski definition) is 2. The molecule has 0 aromatic heterocycles. The number of aliphatic hydroxyl groups is 1. The molecule has 1 atom stereocenters. The van der Waals surface area contributed by atoms with E-state index in [0.29, 0.717) is 5.57 Å². The molecule has 0 heterocycles. The van der Waals surface area contributed by atoms with Gasteiger partial charge in [0.15, 0.2) is 5.78 Å². The van der Waals surface area contributed by atoms with Gasteiger partial charge >= 0.3 is 0 Å². The molecule has 0 saturated carbocycles. The summed E-state index contributed by atoms with van der Waals surface area (Å²) in [6, 6.07) is 0. The monoisotopic (exact) mass is 126 g/mol. The van der Waals surface area contributed by atoms with E-state index in [1.54, 1.807) is 0 Å². The highest BCUT2D eigenvalue weighted by Gasteiger charge is 2.18. The standard InChI is InChI=1S/C7H10O2/c1-5(8)6-3-2-4-7(6)9/h3,7,9H,2,4H2,1H3/t7-/m1/s1. The molecule has 2 heteroatoms. The summed E-state index contributed by atoms with van der Waals surface area (Å²) in [5, 5.41) is 9.07. The maximum Gasteiger partial charge on any atom is 0.158 e. The topological polar surface area (TPSA) is 37.3 Å². The van der Waals surface area contributed by atoms with Crippen molar-refractivity contribution in [2.45, 2.75) is 25.9 Å². The van der Waals surface area contributed by atoms with Gasteiger partial charge in [0.2, 0.25) is 0 Å². The van der Waals surface area contributed by atoms with E-state index in [9.17, 15) is 4.79 Å². The molecule has 0 spiro atoms. The van der Waals surface area contributed by atoms with E-state index in [0.717, 1.165) is 12.8 Å². The summed E-state index contributed by atoms with van der Waals surface area (Å²) >= 11 is 0. The summed E-state index contributed by atoms with van der Waals surface area (Å²) in [5.41, 5.74) is 0.593. The van der Waals surface area contributed by atoms with Crippen LogP contribution in [-0.4, -0.2) is 17.0 Å². The summed E-state index contributed by atoms with van der Waals surface area (Å²) in [6.45, 7) is 1.49. The Kier molecular flexibility index (Phi) is 1.67. The predicted octanol–water partition coefficient (Wildman–Crippen LogP) is 0.656. The molecule has 0 saturated heterocycles. The van der Waals surface area contributed by atoms with E-state index in [1.807, 2.05) is 6.08 Å². The van der Waals surface area contributed by atoms with Crippen LogP contribution in [0.1, 0.15) is 19.8 Å². The van der Waals surface area contributed by atoms with Crippen molar-refractivity contribution in [1.82, 2.24) is 0 Å². The fourth-order valence-corrected chi connectivity index (χ4v) is 1.07. The van der Waals surface area contributed by atoms with E-state index in [1.165, 1.54) is 6.92 Å². The largest absolute Gasteiger partial charge is 0.388 e. The maximum absolute atomic E-state index is 10.6. The predicted molar refractivity (Wildman–Crippen MR) is 34.0 cm³/mol. The zero-order valence-electron chi connectivity index (χ0n) is 5.42. The highest BCUT2D eigenvalue weighted by molar-refractivity contribution is 5.94. The molecule has 50 valence electrons. The average Bonchev–Trinajstić information content (AvgIpc) is 2.13. The van der Waals surface area contributed by atoms with E-state index in [4.69, 9.17) is 5.11 Å². The lowest BCUT2D eigenvalue weighted by Gasteiger charge is -2.01. The number of carbonyl (C=O) groups is 1. The summed E-state index contributed by atoms with van der Waals surface area (Å²) in [4.78, 5) is 10.6. The lowest BCUT2D eigenvalue weighted by molar-refractivity contribution is -0.114. The third-order valence-corrected chi connectivity index (χ3v) is 1.57. The Hall–Kier alpha value is -0.630. The third-order valence-electron chi connectivity index (χ3n) is 1.57. The molecule has 0 bridgehead atoms. The first-order chi connectivity index (χ1) is 4.22. The van der Waals surface area contributed by atoms with Gasteiger partial charge in [-0.3, -0.25) is 4.79 Å². The molecule has 0 radical (unpaired) electrons. The van der Waals surface area contributed by atoms with Crippen molar-refractivity contribution in [3.05, 3.63) is 11.6 Å². The van der Waals surface area contributed by atoms with Gasteiger partial charge in [-0.05, 0) is 19.8 Å². The highest BCUT2D eigenvalue weighted by atomic mass is 16.3. The van der Waals surface area contributed by atoms with E-state index in [2.05, 4.69) is 0 Å². The second-order valence-electron chi connectivity index (χ2n) is 2.31. The average molecular weight is 126 g/mol. The van der Waals surface area contributed by atoms with Crippen molar-refractivity contribution < 1.29 is 9.90 Å². The van der Waals surface area contributed by atoms with Crippen LogP contribution < -0.4 is 0 Å². The minimum atomic E-state index is -0.484. The van der Waals surface area contributed by atoms with E-state index in [-0.39, 0.29) is 5.78 Å². The maximum atomic E-state index is 10.6. The number of ketones is 1. The number of allylic oxidation sites excluding steroid dienone is 1. The SMILES string of the molecule is CC(=O)C1=CCC[C@H]1O. The fraction of sp³-hybridized carbons (Fsp3) is 0.571. The van der Waals surface area contributed by atoms with Crippen molar-refractivity contribution >= 4 is 5.78 Å². The van der Waals surface area contributed by atoms with Crippen LogP contribution in [0.5, 0.6) is 0 Å². The minimum Gasteiger partial charge on any atom is -0.388 e. The Morgan fingerprint density at radius 1 is 1.89 bits per heavy atom. The molecule has 1 aliphatic carbocycles. The van der Waals surface area contributed by atoms with Crippen molar-refractivity contribution in [3.63, 3.8) is 0 Å². The first-order valence-corrected chi connectivity index (χ1v) is 3.11. The van der Waals surface area contributed by atoms with Crippen molar-refractivity contribution in [2.24, 2.45) is 0 Å². The number of rotatable bonds is 1. The van der Waals surface area contributed by atoms with Crippen LogP contribution in [0.2, 0.25) is 0 Å². The second kappa shape index (κ2) is 2.31. The van der Waals surface area contributed by atoms with Crippen LogP contribution in [0.25, 0.3) is 0 Å². The van der Waals surface area contributed by atoms with Crippen molar-refractivity contribution in [1.29, 1.82) is 0 Å². The molecule has 1 rings (SSSR count). The number of Topliss-reactive ketones (excluding diaryl/α,β-unsaturated/α-hetero) is 1. The molecule has 0 aromatic carbocycles. The van der Waals surface area contributed by atoms with Crippen LogP contribution in [0, 0.1) is 0 Å². The molecule has 0 aliphatic heterocycles. The van der Waals surface area contributed by atoms with Gasteiger partial charge < -0.3 is 5.11 Å². The molecule has 0 fully saturated rings. The smallest absolute Gasteiger partial charge is 0.158 e. The molecule has 0 aromatic rings. The van der Waals surface area contributed by atoms with Crippen LogP contribution in [-0.2, 0) is 4.79 Å². The van der Waals surface area contributed by atoms with Crippen molar-refractivity contribution in [2.75, 3.05) is 0 Å². The first kappa shape index (κ1) is 6.49. The van der Waals surface area contributed by atoms with Crippen LogP contribution in [0.4, 0.5) is 0 Å². The van der Waals surface area contributed by atoms with Gasteiger partial charge in [0, 0.05) is 5.57 Å². The first-order valence-electron chi connectivity index (χ1n) is 3.11. The van der Waals surface area contributed by atoms with Gasteiger partial charge in [-0.25, -0.2) is 0 Å². The number of aliphatic hydroxyl groups excluding tert-OH is 1. The molecule has 1 aliphatic rings. The zero-order valence-corrected chi connectivity index (χ0v) is 5.42. The Morgan fingerprint density at radius 2 is 2.56 bits per heavy atom. The van der Waals surface area contributed by atoms with E-state index < -0.39 is 6.10 Å². The normalized spacial score (nSPS) is 26.0. The third kappa shape index (κ3) is 1.19. The van der Waals surface area contributed by atoms with Gasteiger partial charge in [-0.15, -0.1) is 0 Å². The van der Waals surface area contributed by atoms with Crippen molar-refractivity contribution in [3.8, 4) is 0 Å². The van der Waals surface area contributed by atoms with Gasteiger partial charge in [-0.1, -0.05) is 6.08 Å². The second-order valence-corrected chi connectivity index (χ2v) is 2.31. The Labute approximate surface area is 54.2 Å². The Morgan fingerprint density at radius 3 is 2.78 bits per heavy atom. The van der Waals surface area contributed by atoms with Gasteiger partial charge in [0.1, 0.15) is 0 Å². The lowest BCUT2D eigenvalue weighted by Crippen LogP contribution is -2.10. The van der Waals surface area contributed by atoms with Crippen LogP contribution in [0.15, 0.2) is 11.6 Å². The molecule has 1 N–H and O–H groups in total. The molecule has 9 heavy (non-hydrogen) atoms. The summed E-state index contributed by atoms with van der Waals surface area (Å²) in [6.07, 6.45) is 2.89. The van der Waals surface area contributed by atoms with E-state index >= 15 is 0 Å². The van der Waals surface area contributed by atoms with Crippen LogP contribution >= 0.6 is 0 Å². The Bertz CT molecular complexity index is 158. The highest BCUT2D eigenvalue weighted by Crippen LogP contribution is 2.18. The summed E-state index contributed by atoms with van der Waals surface area (Å²) < 4.78 is 0. The summed E-state index contributed by atoms with van der Waals surface area (Å²) in [7, 11) is 0. The Balaban J connectivity index is 2.68. The fourth-order valence-electron chi connectivity index (χ4n) is 1.07. The lowest BCUT2D eigenvalue weighted by atomic mass is 10.1. The summed E-state index contributed by atoms with van der Waals surface area (Å²) in [5.74, 6) is 0.000000000000000444. The number of carbonyl (C=O) groups excluding carboxylic acids is 1. The molecule has 0 amide bonds. The molecular weight excluding hydrogens is 116 g/mol. The van der Waals surface area contributed by atoms with Gasteiger partial charge in [0.25, 0.3) is 0 Å². The number of hydrogen-bond donors (Lipinski definition) is 1. The van der Waals surface area contributed by atoms with Crippen LogP contribution in [0.3, 0.4) is 0 Å². The zero-order chi connectivity index (χ0) is 6.85. The van der Waals surface area contributed by atoms with Gasteiger partial charge in [0.05, 0.1) is 6.10 Å². The molecular formula is C7H10O2. The van der Waals surface area contributed by atoms with Gasteiger partial charge in [-0.2, -0.15) is 0 Å². The quantitative estimate of drug-likeness (QED) is 0.560. The molecule has 0 unspecified atom stereocenters. The molecule has 2 nitrogen and oxygen atoms in total. The minimum absolute atomic E-state index is 0.000000000000000444.